The molecule has 1 aromatic heterocycles. The molecule has 1 aliphatic heterocycles. The Morgan fingerprint density at radius 1 is 1.00 bits per heavy atom. The lowest BCUT2D eigenvalue weighted by atomic mass is 9.95. The molecule has 2 N–H and O–H groups in total. The number of hydrogen-bond donors (Lipinski definition) is 2. The molecular formula is C32H34ClN3O5. The van der Waals surface area contributed by atoms with Gasteiger partial charge in [0, 0.05) is 22.7 Å². The van der Waals surface area contributed by atoms with Crippen LogP contribution in [0.15, 0.2) is 60.7 Å². The van der Waals surface area contributed by atoms with Crippen LogP contribution in [-0.2, 0) is 6.42 Å². The van der Waals surface area contributed by atoms with Gasteiger partial charge in [0.15, 0.2) is 11.5 Å². The molecule has 1 amide bonds. The maximum absolute atomic E-state index is 13.8. The van der Waals surface area contributed by atoms with E-state index in [0.717, 1.165) is 36.1 Å². The SMILES string of the molecule is CCCCCOc1ccc(C2c3c(-c4cc(Cl)ccc4O)n[nH]c3C(=O)N2CCc2ccc(OC)c(OC)c2)cc1. The minimum Gasteiger partial charge on any atom is -0.507 e. The van der Waals surface area contributed by atoms with E-state index >= 15 is 0 Å². The highest BCUT2D eigenvalue weighted by atomic mass is 35.5. The number of amides is 1. The quantitative estimate of drug-likeness (QED) is 0.180. The van der Waals surface area contributed by atoms with E-state index in [4.69, 9.17) is 25.8 Å². The number of phenolic OH excluding ortho intramolecular Hbond substituents is 1. The van der Waals surface area contributed by atoms with Crippen LogP contribution in [0.3, 0.4) is 0 Å². The number of aromatic nitrogens is 2. The molecule has 41 heavy (non-hydrogen) atoms. The Morgan fingerprint density at radius 2 is 1.78 bits per heavy atom. The molecule has 0 aliphatic carbocycles. The number of carbonyl (C=O) groups excluding carboxylic acids is 1. The van der Waals surface area contributed by atoms with Crippen LogP contribution in [0.2, 0.25) is 5.02 Å². The minimum absolute atomic E-state index is 0.0366. The molecule has 3 aromatic carbocycles. The van der Waals surface area contributed by atoms with Gasteiger partial charge in [0.2, 0.25) is 0 Å². The van der Waals surface area contributed by atoms with Crippen molar-refractivity contribution in [2.24, 2.45) is 0 Å². The Labute approximate surface area is 244 Å². The summed E-state index contributed by atoms with van der Waals surface area (Å²) in [4.78, 5) is 15.6. The molecule has 0 saturated carbocycles. The average molecular weight is 576 g/mol. The molecule has 0 saturated heterocycles. The molecule has 2 heterocycles. The third kappa shape index (κ3) is 5.84. The van der Waals surface area contributed by atoms with Crippen LogP contribution in [0.5, 0.6) is 23.0 Å². The Bertz CT molecular complexity index is 1520. The number of nitrogens with one attached hydrogen (secondary N) is 1. The van der Waals surface area contributed by atoms with Crippen LogP contribution in [0, 0.1) is 0 Å². The summed E-state index contributed by atoms with van der Waals surface area (Å²) in [6, 6.07) is 18.0. The third-order valence-electron chi connectivity index (χ3n) is 7.38. The number of benzene rings is 3. The lowest BCUT2D eigenvalue weighted by Crippen LogP contribution is -2.31. The first-order chi connectivity index (χ1) is 19.9. The number of aromatic amines is 1. The van der Waals surface area contributed by atoms with Gasteiger partial charge in [-0.3, -0.25) is 9.89 Å². The van der Waals surface area contributed by atoms with Gasteiger partial charge in [-0.2, -0.15) is 5.10 Å². The van der Waals surface area contributed by atoms with Crippen molar-refractivity contribution in [1.82, 2.24) is 15.1 Å². The first-order valence-corrected chi connectivity index (χ1v) is 14.1. The third-order valence-corrected chi connectivity index (χ3v) is 7.61. The van der Waals surface area contributed by atoms with Crippen molar-refractivity contribution in [3.05, 3.63) is 88.1 Å². The van der Waals surface area contributed by atoms with Crippen LogP contribution in [0.25, 0.3) is 11.3 Å². The number of hydrogen-bond acceptors (Lipinski definition) is 6. The van der Waals surface area contributed by atoms with Crippen molar-refractivity contribution in [1.29, 1.82) is 0 Å². The maximum atomic E-state index is 13.8. The maximum Gasteiger partial charge on any atom is 0.273 e. The largest absolute Gasteiger partial charge is 0.507 e. The molecule has 1 aliphatic rings. The molecule has 9 heteroatoms. The van der Waals surface area contributed by atoms with Crippen molar-refractivity contribution >= 4 is 17.5 Å². The highest BCUT2D eigenvalue weighted by Gasteiger charge is 2.42. The minimum atomic E-state index is -0.432. The number of fused-ring (bicyclic) bond motifs is 1. The van der Waals surface area contributed by atoms with Crippen LogP contribution in [0.1, 0.15) is 59.4 Å². The monoisotopic (exact) mass is 575 g/mol. The zero-order valence-corrected chi connectivity index (χ0v) is 24.2. The van der Waals surface area contributed by atoms with Gasteiger partial charge in [0.25, 0.3) is 5.91 Å². The van der Waals surface area contributed by atoms with Gasteiger partial charge in [-0.05, 0) is 66.4 Å². The summed E-state index contributed by atoms with van der Waals surface area (Å²) in [6.45, 7) is 3.27. The van der Waals surface area contributed by atoms with Crippen LogP contribution >= 0.6 is 11.6 Å². The highest BCUT2D eigenvalue weighted by Crippen LogP contribution is 2.45. The standard InChI is InChI=1S/C32H34ClN3O5/c1-4-5-6-17-41-23-11-8-21(9-12-23)31-28-29(24-19-22(33)10-13-25(24)37)34-35-30(28)32(38)36(31)16-15-20-7-14-26(39-2)27(18-20)40-3/h7-14,18-19,31,37H,4-6,15-17H2,1-3H3,(H,34,35). The average Bonchev–Trinajstić information content (AvgIpc) is 3.54. The Kier molecular flexibility index (Phi) is 8.69. The number of carbonyl (C=O) groups is 1. The summed E-state index contributed by atoms with van der Waals surface area (Å²) in [7, 11) is 3.20. The smallest absolute Gasteiger partial charge is 0.273 e. The molecule has 0 bridgehead atoms. The number of rotatable bonds is 12. The van der Waals surface area contributed by atoms with Crippen molar-refractivity contribution in [2.75, 3.05) is 27.4 Å². The van der Waals surface area contributed by atoms with E-state index in [1.54, 1.807) is 26.4 Å². The first-order valence-electron chi connectivity index (χ1n) is 13.8. The number of methoxy groups -OCH3 is 2. The van der Waals surface area contributed by atoms with E-state index in [0.29, 0.717) is 58.6 Å². The number of nitrogens with zero attached hydrogens (tertiary/aromatic N) is 2. The van der Waals surface area contributed by atoms with Gasteiger partial charge >= 0.3 is 0 Å². The van der Waals surface area contributed by atoms with E-state index in [-0.39, 0.29) is 11.7 Å². The molecule has 0 fully saturated rings. The predicted molar refractivity (Wildman–Crippen MR) is 158 cm³/mol. The fourth-order valence-corrected chi connectivity index (χ4v) is 5.42. The van der Waals surface area contributed by atoms with E-state index in [9.17, 15) is 9.90 Å². The lowest BCUT2D eigenvalue weighted by Gasteiger charge is -2.27. The van der Waals surface area contributed by atoms with E-state index in [2.05, 4.69) is 17.1 Å². The second-order valence-electron chi connectivity index (χ2n) is 9.99. The summed E-state index contributed by atoms with van der Waals surface area (Å²) < 4.78 is 16.8. The van der Waals surface area contributed by atoms with Gasteiger partial charge < -0.3 is 24.2 Å². The number of phenols is 1. The number of aromatic hydroxyl groups is 1. The second kappa shape index (κ2) is 12.6. The number of H-pyrrole nitrogens is 1. The highest BCUT2D eigenvalue weighted by molar-refractivity contribution is 6.31. The summed E-state index contributed by atoms with van der Waals surface area (Å²) in [6.07, 6.45) is 3.86. The van der Waals surface area contributed by atoms with Crippen LogP contribution < -0.4 is 14.2 Å². The van der Waals surface area contributed by atoms with Gasteiger partial charge in [0.05, 0.1) is 26.9 Å². The van der Waals surface area contributed by atoms with Crippen molar-refractivity contribution in [3.63, 3.8) is 0 Å². The van der Waals surface area contributed by atoms with E-state index < -0.39 is 6.04 Å². The normalized spacial score (nSPS) is 14.3. The zero-order valence-electron chi connectivity index (χ0n) is 23.4. The molecule has 214 valence electrons. The summed E-state index contributed by atoms with van der Waals surface area (Å²) in [5.41, 5.74) is 3.98. The molecule has 1 unspecified atom stereocenters. The van der Waals surface area contributed by atoms with Gasteiger partial charge in [-0.25, -0.2) is 0 Å². The van der Waals surface area contributed by atoms with Crippen molar-refractivity contribution < 1.29 is 24.1 Å². The second-order valence-corrected chi connectivity index (χ2v) is 10.4. The van der Waals surface area contributed by atoms with Gasteiger partial charge in [-0.1, -0.05) is 49.6 Å². The van der Waals surface area contributed by atoms with Crippen molar-refractivity contribution in [3.8, 4) is 34.3 Å². The first kappa shape index (κ1) is 28.4. The molecule has 5 rings (SSSR count). The molecular weight excluding hydrogens is 542 g/mol. The topological polar surface area (TPSA) is 96.9 Å². The lowest BCUT2D eigenvalue weighted by molar-refractivity contribution is 0.0746. The van der Waals surface area contributed by atoms with E-state index in [1.807, 2.05) is 47.4 Å². The van der Waals surface area contributed by atoms with Gasteiger partial charge in [-0.15, -0.1) is 0 Å². The predicted octanol–water partition coefficient (Wildman–Crippen LogP) is 6.81. The number of unbranched alkanes of at least 4 members (excludes halogenated alkanes) is 2. The Balaban J connectivity index is 1.49. The molecule has 4 aromatic rings. The van der Waals surface area contributed by atoms with Crippen molar-refractivity contribution in [2.45, 2.75) is 38.6 Å². The van der Waals surface area contributed by atoms with E-state index in [1.165, 1.54) is 6.07 Å². The molecule has 0 spiro atoms. The zero-order chi connectivity index (χ0) is 28.9. The number of ether oxygens (including phenoxy) is 3. The fourth-order valence-electron chi connectivity index (χ4n) is 5.25. The van der Waals surface area contributed by atoms with Crippen LogP contribution in [-0.4, -0.2) is 53.5 Å². The van der Waals surface area contributed by atoms with Gasteiger partial charge in [0.1, 0.15) is 22.9 Å². The fraction of sp³-hybridized carbons (Fsp3) is 0.312. The Hall–Kier alpha value is -4.17. The van der Waals surface area contributed by atoms with Crippen LogP contribution in [0.4, 0.5) is 0 Å². The molecule has 0 radical (unpaired) electrons. The summed E-state index contributed by atoms with van der Waals surface area (Å²) in [5, 5.41) is 18.5. The number of halogens is 1. The molecule has 8 nitrogen and oxygen atoms in total. The Morgan fingerprint density at radius 3 is 2.51 bits per heavy atom. The molecule has 1 atom stereocenters. The summed E-state index contributed by atoms with van der Waals surface area (Å²) >= 11 is 6.28. The summed E-state index contributed by atoms with van der Waals surface area (Å²) in [5.74, 6) is 1.94.